The molecular formula is C23H26N2O4. The molecule has 0 saturated carbocycles. The molecule has 4 heterocycles. The molecule has 29 heavy (non-hydrogen) atoms. The van der Waals surface area contributed by atoms with Crippen molar-refractivity contribution >= 4 is 0 Å². The average Bonchev–Trinajstić information content (AvgIpc) is 2.69. The van der Waals surface area contributed by atoms with Gasteiger partial charge in [0, 0.05) is 35.3 Å². The van der Waals surface area contributed by atoms with Crippen molar-refractivity contribution in [1.29, 1.82) is 0 Å². The number of nitrogens with zero attached hydrogens (tertiary/aromatic N) is 2. The molecule has 0 aliphatic carbocycles. The van der Waals surface area contributed by atoms with Crippen LogP contribution in [-0.4, -0.2) is 49.2 Å². The van der Waals surface area contributed by atoms with Crippen LogP contribution in [0.3, 0.4) is 0 Å². The number of hydrogen-bond acceptors (Lipinski definition) is 6. The second kappa shape index (κ2) is 5.18. The Morgan fingerprint density at radius 3 is 2.00 bits per heavy atom. The molecule has 4 aliphatic rings. The molecule has 0 fully saturated rings. The van der Waals surface area contributed by atoms with Crippen molar-refractivity contribution in [3.8, 4) is 34.1 Å². The summed E-state index contributed by atoms with van der Waals surface area (Å²) in [6, 6.07) is 3.97. The lowest BCUT2D eigenvalue weighted by molar-refractivity contribution is -0.0865. The van der Waals surface area contributed by atoms with E-state index in [9.17, 15) is 5.11 Å². The Kier molecular flexibility index (Phi) is 3.11. The predicted molar refractivity (Wildman–Crippen MR) is 109 cm³/mol. The zero-order valence-corrected chi connectivity index (χ0v) is 17.5. The molecule has 0 radical (unpaired) electrons. The molecule has 6 heteroatoms. The molecule has 0 spiro atoms. The van der Waals surface area contributed by atoms with E-state index in [0.717, 1.165) is 65.2 Å². The van der Waals surface area contributed by atoms with Gasteiger partial charge in [-0.15, -0.1) is 0 Å². The van der Waals surface area contributed by atoms with Crippen LogP contribution >= 0.6 is 0 Å². The Balaban J connectivity index is 1.82. The Morgan fingerprint density at radius 2 is 1.41 bits per heavy atom. The minimum absolute atomic E-state index is 0.203. The molecule has 152 valence electrons. The first kappa shape index (κ1) is 17.4. The van der Waals surface area contributed by atoms with Crippen LogP contribution in [0, 0.1) is 0 Å². The summed E-state index contributed by atoms with van der Waals surface area (Å²) in [5, 5.41) is 11.0. The number of ether oxygens (including phenoxy) is 3. The summed E-state index contributed by atoms with van der Waals surface area (Å²) in [5.41, 5.74) is 5.28. The van der Waals surface area contributed by atoms with Gasteiger partial charge in [-0.3, -0.25) is 9.80 Å². The molecule has 2 aromatic rings. The lowest BCUT2D eigenvalue weighted by atomic mass is 9.74. The van der Waals surface area contributed by atoms with E-state index in [-0.39, 0.29) is 5.75 Å². The summed E-state index contributed by atoms with van der Waals surface area (Å²) in [6.07, 6.45) is 1.78. The minimum Gasteiger partial charge on any atom is -0.504 e. The lowest BCUT2D eigenvalue weighted by Crippen LogP contribution is -2.55. The van der Waals surface area contributed by atoms with E-state index in [1.165, 1.54) is 5.56 Å². The summed E-state index contributed by atoms with van der Waals surface area (Å²) >= 11 is 0. The van der Waals surface area contributed by atoms with Gasteiger partial charge in [0.2, 0.25) is 0 Å². The third-order valence-corrected chi connectivity index (χ3v) is 7.56. The van der Waals surface area contributed by atoms with Crippen LogP contribution in [0.1, 0.15) is 36.1 Å². The Hall–Kier alpha value is -2.44. The highest BCUT2D eigenvalue weighted by Gasteiger charge is 2.54. The van der Waals surface area contributed by atoms with Crippen LogP contribution in [0.25, 0.3) is 11.1 Å². The van der Waals surface area contributed by atoms with Crippen molar-refractivity contribution in [2.24, 2.45) is 0 Å². The van der Waals surface area contributed by atoms with Crippen LogP contribution in [0.4, 0.5) is 0 Å². The fraction of sp³-hybridized carbons (Fsp3) is 0.478. The van der Waals surface area contributed by atoms with Crippen LogP contribution in [0.2, 0.25) is 0 Å². The molecule has 2 aromatic carbocycles. The summed E-state index contributed by atoms with van der Waals surface area (Å²) < 4.78 is 19.2. The number of likely N-dealkylation sites (N-methyl/N-ethyl adjacent to an activating group) is 2. The zero-order valence-electron chi connectivity index (χ0n) is 17.5. The number of rotatable bonds is 1. The van der Waals surface area contributed by atoms with E-state index >= 15 is 0 Å². The highest BCUT2D eigenvalue weighted by atomic mass is 16.5. The van der Waals surface area contributed by atoms with Crippen LogP contribution in [-0.2, 0) is 24.3 Å². The highest BCUT2D eigenvalue weighted by Crippen LogP contribution is 2.64. The largest absolute Gasteiger partial charge is 0.504 e. The number of phenols is 1. The number of phenolic OH excluding ortho intramolecular Hbond substituents is 1. The van der Waals surface area contributed by atoms with Gasteiger partial charge in [0.15, 0.2) is 34.4 Å². The number of aromatic hydroxyl groups is 1. The first-order chi connectivity index (χ1) is 13.8. The zero-order chi connectivity index (χ0) is 20.3. The normalized spacial score (nSPS) is 29.0. The van der Waals surface area contributed by atoms with Crippen LogP contribution in [0.5, 0.6) is 23.0 Å². The van der Waals surface area contributed by atoms with Gasteiger partial charge in [-0.1, -0.05) is 0 Å². The van der Waals surface area contributed by atoms with E-state index < -0.39 is 11.4 Å². The highest BCUT2D eigenvalue weighted by molar-refractivity contribution is 5.91. The Bertz CT molecular complexity index is 1100. The lowest BCUT2D eigenvalue weighted by Gasteiger charge is -2.53. The molecule has 6 rings (SSSR count). The predicted octanol–water partition coefficient (Wildman–Crippen LogP) is 3.17. The van der Waals surface area contributed by atoms with Gasteiger partial charge in [-0.05, 0) is 64.0 Å². The molecule has 0 saturated heterocycles. The third kappa shape index (κ3) is 1.85. The maximum absolute atomic E-state index is 11.0. The monoisotopic (exact) mass is 394 g/mol. The number of methoxy groups -OCH3 is 1. The van der Waals surface area contributed by atoms with Crippen LogP contribution in [0.15, 0.2) is 12.1 Å². The van der Waals surface area contributed by atoms with Crippen LogP contribution < -0.4 is 14.2 Å². The molecule has 0 amide bonds. The SMILES string of the molecule is COc1cc2c3c4c1OC1(C)c5c(cc(O)c(c5-4)OC3(C)N(C)CC2)CCN1C. The van der Waals surface area contributed by atoms with E-state index in [1.807, 2.05) is 6.07 Å². The molecule has 2 unspecified atom stereocenters. The van der Waals surface area contributed by atoms with Crippen molar-refractivity contribution in [2.45, 2.75) is 38.1 Å². The van der Waals surface area contributed by atoms with Crippen molar-refractivity contribution in [1.82, 2.24) is 9.80 Å². The molecular weight excluding hydrogens is 368 g/mol. The second-order valence-corrected chi connectivity index (χ2v) is 8.96. The standard InChI is InChI=1S/C23H26N2O4/c1-22-19-13(7-9-24(22)3)11-15(27-5)21-17(19)16-18-12(10-14(26)20(16)28-22)6-8-25(4)23(18,2)29-21/h10-11,26H,6-9H2,1-5H3. The third-order valence-electron chi connectivity index (χ3n) is 7.56. The van der Waals surface area contributed by atoms with E-state index in [1.54, 1.807) is 7.11 Å². The van der Waals surface area contributed by atoms with E-state index in [4.69, 9.17) is 14.2 Å². The summed E-state index contributed by atoms with van der Waals surface area (Å²) in [6.45, 7) is 5.91. The first-order valence-electron chi connectivity index (χ1n) is 10.2. The molecule has 0 aromatic heterocycles. The summed E-state index contributed by atoms with van der Waals surface area (Å²) in [4.78, 5) is 4.44. The summed E-state index contributed by atoms with van der Waals surface area (Å²) in [5.74, 6) is 2.25. The average molecular weight is 394 g/mol. The molecule has 0 bridgehead atoms. The minimum atomic E-state index is -0.666. The van der Waals surface area contributed by atoms with Gasteiger partial charge < -0.3 is 19.3 Å². The van der Waals surface area contributed by atoms with E-state index in [0.29, 0.717) is 5.75 Å². The van der Waals surface area contributed by atoms with Gasteiger partial charge in [-0.25, -0.2) is 0 Å². The fourth-order valence-electron chi connectivity index (χ4n) is 5.73. The maximum atomic E-state index is 11.0. The molecule has 4 aliphatic heterocycles. The maximum Gasteiger partial charge on any atom is 0.187 e. The number of benzene rings is 2. The van der Waals surface area contributed by atoms with Crippen molar-refractivity contribution in [3.05, 3.63) is 34.4 Å². The van der Waals surface area contributed by atoms with Gasteiger partial charge in [0.25, 0.3) is 0 Å². The Labute approximate surface area is 170 Å². The van der Waals surface area contributed by atoms with Gasteiger partial charge in [-0.2, -0.15) is 0 Å². The summed E-state index contributed by atoms with van der Waals surface area (Å²) in [7, 11) is 5.85. The molecule has 2 atom stereocenters. The topological polar surface area (TPSA) is 54.4 Å². The quantitative estimate of drug-likeness (QED) is 0.802. The van der Waals surface area contributed by atoms with Crippen molar-refractivity contribution in [2.75, 3.05) is 34.3 Å². The number of hydrogen-bond donors (Lipinski definition) is 1. The van der Waals surface area contributed by atoms with Gasteiger partial charge in [0.05, 0.1) is 7.11 Å². The van der Waals surface area contributed by atoms with Gasteiger partial charge in [0.1, 0.15) is 0 Å². The van der Waals surface area contributed by atoms with Crippen molar-refractivity contribution < 1.29 is 19.3 Å². The Morgan fingerprint density at radius 1 is 0.897 bits per heavy atom. The molecule has 6 nitrogen and oxygen atoms in total. The molecule has 1 N–H and O–H groups in total. The van der Waals surface area contributed by atoms with E-state index in [2.05, 4.69) is 43.8 Å². The van der Waals surface area contributed by atoms with Gasteiger partial charge >= 0.3 is 0 Å². The second-order valence-electron chi connectivity index (χ2n) is 8.96. The fourth-order valence-corrected chi connectivity index (χ4v) is 5.73. The van der Waals surface area contributed by atoms with Crippen molar-refractivity contribution in [3.63, 3.8) is 0 Å². The smallest absolute Gasteiger partial charge is 0.187 e. The first-order valence-corrected chi connectivity index (χ1v) is 10.2.